The summed E-state index contributed by atoms with van der Waals surface area (Å²) < 4.78 is 0. The number of carboxylic acids is 1. The number of hydrogen-bond donors (Lipinski definition) is 1. The summed E-state index contributed by atoms with van der Waals surface area (Å²) in [5, 5.41) is 8.72. The van der Waals surface area contributed by atoms with Crippen LogP contribution in [0.2, 0.25) is 0 Å². The van der Waals surface area contributed by atoms with E-state index in [0.29, 0.717) is 6.54 Å². The number of terminal acetylenes is 1. The molecule has 0 bridgehead atoms. The van der Waals surface area contributed by atoms with Gasteiger partial charge in [-0.1, -0.05) is 5.92 Å². The number of aliphatic carboxylic acids is 1. The number of likely N-dealkylation sites (tertiary alicyclic amines) is 1. The number of carboxylic acid groups (broad SMARTS) is 1. The lowest BCUT2D eigenvalue weighted by Crippen LogP contribution is -2.44. The van der Waals surface area contributed by atoms with E-state index >= 15 is 0 Å². The van der Waals surface area contributed by atoms with E-state index in [0.717, 1.165) is 19.3 Å². The second-order valence-corrected chi connectivity index (χ2v) is 3.72. The summed E-state index contributed by atoms with van der Waals surface area (Å²) in [7, 11) is 0. The second-order valence-electron chi connectivity index (χ2n) is 3.72. The van der Waals surface area contributed by atoms with Crippen LogP contribution in [0.15, 0.2) is 0 Å². The van der Waals surface area contributed by atoms with Gasteiger partial charge in [0.15, 0.2) is 0 Å². The molecule has 0 aromatic rings. The van der Waals surface area contributed by atoms with E-state index < -0.39 is 5.97 Å². The van der Waals surface area contributed by atoms with Crippen molar-refractivity contribution < 1.29 is 14.7 Å². The van der Waals surface area contributed by atoms with Crippen LogP contribution in [0.4, 0.5) is 0 Å². The van der Waals surface area contributed by atoms with E-state index in [1.165, 1.54) is 0 Å². The Morgan fingerprint density at radius 2 is 2.20 bits per heavy atom. The van der Waals surface area contributed by atoms with Crippen molar-refractivity contribution in [2.45, 2.75) is 38.1 Å². The molecule has 0 radical (unpaired) electrons. The monoisotopic (exact) mass is 209 g/mol. The number of hydrogen-bond acceptors (Lipinski definition) is 2. The van der Waals surface area contributed by atoms with Crippen molar-refractivity contribution in [1.82, 2.24) is 4.90 Å². The predicted octanol–water partition coefficient (Wildman–Crippen LogP) is 0.865. The standard InChI is InChI=1S/C11H15NO3/c1-2-5-10(13)12-7-4-3-6-9(12)8-11(14)15/h1,9H,3-8H2,(H,14,15). The zero-order valence-corrected chi connectivity index (χ0v) is 8.61. The first-order chi connectivity index (χ1) is 7.15. The number of amides is 1. The van der Waals surface area contributed by atoms with Crippen LogP contribution in [0.1, 0.15) is 32.1 Å². The average molecular weight is 209 g/mol. The third kappa shape index (κ3) is 3.28. The summed E-state index contributed by atoms with van der Waals surface area (Å²) in [5.41, 5.74) is 0. The van der Waals surface area contributed by atoms with Crippen LogP contribution in [-0.2, 0) is 9.59 Å². The average Bonchev–Trinajstić information content (AvgIpc) is 2.18. The molecule has 0 aromatic carbocycles. The van der Waals surface area contributed by atoms with Gasteiger partial charge in [-0.15, -0.1) is 6.42 Å². The largest absolute Gasteiger partial charge is 0.481 e. The van der Waals surface area contributed by atoms with Crippen molar-refractivity contribution in [3.05, 3.63) is 0 Å². The first-order valence-corrected chi connectivity index (χ1v) is 5.10. The van der Waals surface area contributed by atoms with E-state index in [1.807, 2.05) is 0 Å². The van der Waals surface area contributed by atoms with Crippen LogP contribution in [-0.4, -0.2) is 34.5 Å². The van der Waals surface area contributed by atoms with E-state index in [2.05, 4.69) is 5.92 Å². The molecular formula is C11H15NO3. The lowest BCUT2D eigenvalue weighted by Gasteiger charge is -2.34. The van der Waals surface area contributed by atoms with E-state index in [9.17, 15) is 9.59 Å². The molecule has 0 spiro atoms. The molecular weight excluding hydrogens is 194 g/mol. The fourth-order valence-electron chi connectivity index (χ4n) is 1.93. The maximum atomic E-state index is 11.6. The molecule has 1 rings (SSSR count). The normalized spacial score (nSPS) is 20.7. The van der Waals surface area contributed by atoms with Crippen molar-refractivity contribution in [3.8, 4) is 12.3 Å². The van der Waals surface area contributed by atoms with E-state index in [-0.39, 0.29) is 24.8 Å². The summed E-state index contributed by atoms with van der Waals surface area (Å²) in [5.74, 6) is 1.32. The van der Waals surface area contributed by atoms with Gasteiger partial charge in [0.1, 0.15) is 0 Å². The molecule has 82 valence electrons. The first kappa shape index (κ1) is 11.6. The minimum atomic E-state index is -0.861. The number of piperidine rings is 1. The van der Waals surface area contributed by atoms with Gasteiger partial charge in [-0.2, -0.15) is 0 Å². The highest BCUT2D eigenvalue weighted by atomic mass is 16.4. The zero-order valence-electron chi connectivity index (χ0n) is 8.61. The number of rotatable bonds is 3. The molecule has 15 heavy (non-hydrogen) atoms. The van der Waals surface area contributed by atoms with Crippen LogP contribution in [0.5, 0.6) is 0 Å². The highest BCUT2D eigenvalue weighted by molar-refractivity contribution is 5.79. The highest BCUT2D eigenvalue weighted by Crippen LogP contribution is 2.20. The molecule has 1 heterocycles. The van der Waals surface area contributed by atoms with Crippen LogP contribution >= 0.6 is 0 Å². The number of carbonyl (C=O) groups is 2. The Balaban J connectivity index is 2.61. The maximum absolute atomic E-state index is 11.6. The smallest absolute Gasteiger partial charge is 0.305 e. The Morgan fingerprint density at radius 1 is 1.47 bits per heavy atom. The van der Waals surface area contributed by atoms with E-state index in [1.54, 1.807) is 4.90 Å². The molecule has 1 amide bonds. The van der Waals surface area contributed by atoms with Crippen molar-refractivity contribution in [2.75, 3.05) is 6.54 Å². The molecule has 4 nitrogen and oxygen atoms in total. The third-order valence-corrected chi connectivity index (χ3v) is 2.61. The van der Waals surface area contributed by atoms with Crippen LogP contribution in [0.3, 0.4) is 0 Å². The Hall–Kier alpha value is -1.50. The number of carbonyl (C=O) groups excluding carboxylic acids is 1. The van der Waals surface area contributed by atoms with Crippen LogP contribution < -0.4 is 0 Å². The summed E-state index contributed by atoms with van der Waals surface area (Å²) in [6, 6.07) is -0.169. The Morgan fingerprint density at radius 3 is 2.80 bits per heavy atom. The summed E-state index contributed by atoms with van der Waals surface area (Å²) in [4.78, 5) is 23.8. The van der Waals surface area contributed by atoms with Gasteiger partial charge in [0.25, 0.3) is 0 Å². The molecule has 0 aliphatic carbocycles. The van der Waals surface area contributed by atoms with Crippen molar-refractivity contribution in [2.24, 2.45) is 0 Å². The second kappa shape index (κ2) is 5.40. The third-order valence-electron chi connectivity index (χ3n) is 2.61. The topological polar surface area (TPSA) is 57.6 Å². The molecule has 1 saturated heterocycles. The van der Waals surface area contributed by atoms with Gasteiger partial charge in [-0.05, 0) is 19.3 Å². The van der Waals surface area contributed by atoms with Gasteiger partial charge in [-0.25, -0.2) is 0 Å². The fourth-order valence-corrected chi connectivity index (χ4v) is 1.93. The summed E-state index contributed by atoms with van der Waals surface area (Å²) in [6.07, 6.45) is 7.85. The lowest BCUT2D eigenvalue weighted by atomic mass is 9.99. The van der Waals surface area contributed by atoms with Crippen molar-refractivity contribution in [1.29, 1.82) is 0 Å². The molecule has 1 unspecified atom stereocenters. The molecule has 1 aliphatic rings. The quantitative estimate of drug-likeness (QED) is 0.701. The SMILES string of the molecule is C#CCC(=O)N1CCCCC1CC(=O)O. The minimum absolute atomic E-state index is 0.0241. The molecule has 4 heteroatoms. The molecule has 1 atom stereocenters. The van der Waals surface area contributed by atoms with Gasteiger partial charge < -0.3 is 10.0 Å². The van der Waals surface area contributed by atoms with Gasteiger partial charge >= 0.3 is 5.97 Å². The Bertz CT molecular complexity index is 293. The molecule has 0 saturated carbocycles. The lowest BCUT2D eigenvalue weighted by molar-refractivity contribution is -0.141. The Kier molecular flexibility index (Phi) is 4.17. The molecule has 0 aromatic heterocycles. The van der Waals surface area contributed by atoms with Gasteiger partial charge in [-0.3, -0.25) is 9.59 Å². The zero-order chi connectivity index (χ0) is 11.3. The van der Waals surface area contributed by atoms with Crippen molar-refractivity contribution in [3.63, 3.8) is 0 Å². The fraction of sp³-hybridized carbons (Fsp3) is 0.636. The Labute approximate surface area is 89.3 Å². The summed E-state index contributed by atoms with van der Waals surface area (Å²) in [6.45, 7) is 0.637. The van der Waals surface area contributed by atoms with Crippen molar-refractivity contribution >= 4 is 11.9 Å². The maximum Gasteiger partial charge on any atom is 0.305 e. The van der Waals surface area contributed by atoms with Crippen LogP contribution in [0.25, 0.3) is 0 Å². The van der Waals surface area contributed by atoms with Gasteiger partial charge in [0, 0.05) is 12.6 Å². The predicted molar refractivity (Wildman–Crippen MR) is 55.1 cm³/mol. The van der Waals surface area contributed by atoms with E-state index in [4.69, 9.17) is 11.5 Å². The minimum Gasteiger partial charge on any atom is -0.481 e. The van der Waals surface area contributed by atoms with Gasteiger partial charge in [0.2, 0.25) is 5.91 Å². The molecule has 1 aliphatic heterocycles. The molecule has 1 fully saturated rings. The molecule has 1 N–H and O–H groups in total. The first-order valence-electron chi connectivity index (χ1n) is 5.10. The van der Waals surface area contributed by atoms with Crippen LogP contribution in [0, 0.1) is 12.3 Å². The van der Waals surface area contributed by atoms with Gasteiger partial charge in [0.05, 0.1) is 12.8 Å². The summed E-state index contributed by atoms with van der Waals surface area (Å²) >= 11 is 0. The number of nitrogens with zero attached hydrogens (tertiary/aromatic N) is 1. The highest BCUT2D eigenvalue weighted by Gasteiger charge is 2.27.